The zero-order chi connectivity index (χ0) is 19.0. The molecule has 3 aromatic rings. The van der Waals surface area contributed by atoms with Gasteiger partial charge in [-0.25, -0.2) is 4.98 Å². The van der Waals surface area contributed by atoms with E-state index in [1.807, 2.05) is 13.0 Å². The number of morpholine rings is 1. The van der Waals surface area contributed by atoms with Gasteiger partial charge in [0, 0.05) is 31.4 Å². The van der Waals surface area contributed by atoms with Crippen molar-refractivity contribution in [1.82, 2.24) is 18.9 Å². The van der Waals surface area contributed by atoms with Crippen molar-refractivity contribution in [2.24, 2.45) is 0 Å². The Balaban J connectivity index is 1.76. The van der Waals surface area contributed by atoms with Gasteiger partial charge < -0.3 is 14.2 Å². The number of nitrogens with zero attached hydrogens (tertiary/aromatic N) is 4. The van der Waals surface area contributed by atoms with Gasteiger partial charge in [0.15, 0.2) is 0 Å². The molecule has 1 saturated heterocycles. The molecule has 0 unspecified atom stereocenters. The van der Waals surface area contributed by atoms with E-state index in [1.165, 1.54) is 0 Å². The minimum Gasteiger partial charge on any atom is -0.378 e. The highest BCUT2D eigenvalue weighted by molar-refractivity contribution is 6.34. The van der Waals surface area contributed by atoms with Gasteiger partial charge in [-0.15, -0.1) is 0 Å². The number of rotatable bonds is 3. The van der Waals surface area contributed by atoms with E-state index in [0.29, 0.717) is 49.0 Å². The van der Waals surface area contributed by atoms with Gasteiger partial charge in [0.1, 0.15) is 5.52 Å². The lowest BCUT2D eigenvalue weighted by Crippen LogP contribution is -2.40. The van der Waals surface area contributed by atoms with Crippen molar-refractivity contribution < 1.29 is 9.53 Å². The molecule has 0 saturated carbocycles. The fourth-order valence-electron chi connectivity index (χ4n) is 3.29. The van der Waals surface area contributed by atoms with Crippen LogP contribution in [0.3, 0.4) is 0 Å². The Morgan fingerprint density at radius 1 is 1.30 bits per heavy atom. The second-order valence-electron chi connectivity index (χ2n) is 6.35. The van der Waals surface area contributed by atoms with Gasteiger partial charge in [-0.3, -0.25) is 14.0 Å². The molecule has 0 bridgehead atoms. The van der Waals surface area contributed by atoms with E-state index >= 15 is 0 Å². The van der Waals surface area contributed by atoms with Crippen LogP contribution in [0.5, 0.6) is 0 Å². The van der Waals surface area contributed by atoms with Gasteiger partial charge in [-0.1, -0.05) is 17.7 Å². The van der Waals surface area contributed by atoms with Crippen LogP contribution in [-0.2, 0) is 11.3 Å². The van der Waals surface area contributed by atoms with Crippen LogP contribution in [0.25, 0.3) is 16.8 Å². The van der Waals surface area contributed by atoms with E-state index in [1.54, 1.807) is 44.7 Å². The van der Waals surface area contributed by atoms with Gasteiger partial charge in [0.2, 0.25) is 0 Å². The molecule has 8 heteroatoms. The number of aryl methyl sites for hydroxylation is 1. The van der Waals surface area contributed by atoms with Gasteiger partial charge in [-0.2, -0.15) is 0 Å². The van der Waals surface area contributed by atoms with Crippen molar-refractivity contribution in [2.75, 3.05) is 26.3 Å². The molecule has 4 rings (SSSR count). The minimum absolute atomic E-state index is 0.0936. The third-order valence-electron chi connectivity index (χ3n) is 4.79. The van der Waals surface area contributed by atoms with E-state index in [2.05, 4.69) is 4.98 Å². The average molecular weight is 387 g/mol. The van der Waals surface area contributed by atoms with E-state index in [0.717, 1.165) is 11.3 Å². The number of aromatic nitrogens is 3. The van der Waals surface area contributed by atoms with Gasteiger partial charge >= 0.3 is 0 Å². The van der Waals surface area contributed by atoms with E-state index in [4.69, 9.17) is 16.3 Å². The lowest BCUT2D eigenvalue weighted by Gasteiger charge is -2.27. The molecule has 0 atom stereocenters. The fourth-order valence-corrected chi connectivity index (χ4v) is 3.56. The van der Waals surface area contributed by atoms with Gasteiger partial charge in [0.25, 0.3) is 11.5 Å². The maximum atomic E-state index is 12.7. The molecule has 3 heterocycles. The molecule has 0 aliphatic carbocycles. The van der Waals surface area contributed by atoms with E-state index in [9.17, 15) is 9.59 Å². The number of hydrogen-bond acceptors (Lipinski definition) is 4. The van der Waals surface area contributed by atoms with Crippen molar-refractivity contribution in [1.29, 1.82) is 0 Å². The second-order valence-corrected chi connectivity index (χ2v) is 6.76. The highest BCUT2D eigenvalue weighted by atomic mass is 35.5. The maximum Gasteiger partial charge on any atom is 0.276 e. The Morgan fingerprint density at radius 2 is 2.07 bits per heavy atom. The first kappa shape index (κ1) is 17.8. The van der Waals surface area contributed by atoms with Crippen LogP contribution < -0.4 is 5.56 Å². The molecule has 1 aliphatic heterocycles. The van der Waals surface area contributed by atoms with Crippen LogP contribution in [0.15, 0.2) is 41.7 Å². The summed E-state index contributed by atoms with van der Waals surface area (Å²) in [4.78, 5) is 31.0. The van der Waals surface area contributed by atoms with Crippen LogP contribution in [0.2, 0.25) is 5.02 Å². The van der Waals surface area contributed by atoms with Crippen molar-refractivity contribution in [2.45, 2.75) is 13.5 Å². The molecular formula is C19H19ClN4O3. The summed E-state index contributed by atoms with van der Waals surface area (Å²) < 4.78 is 8.67. The van der Waals surface area contributed by atoms with Crippen molar-refractivity contribution in [3.63, 3.8) is 0 Å². The molecule has 27 heavy (non-hydrogen) atoms. The van der Waals surface area contributed by atoms with Crippen LogP contribution in [-0.4, -0.2) is 51.1 Å². The molecule has 1 amide bonds. The van der Waals surface area contributed by atoms with Crippen molar-refractivity contribution >= 4 is 23.0 Å². The number of halogens is 1. The van der Waals surface area contributed by atoms with Crippen LogP contribution in [0.4, 0.5) is 0 Å². The third kappa shape index (κ3) is 3.13. The predicted octanol–water partition coefficient (Wildman–Crippen LogP) is 2.31. The molecule has 1 fully saturated rings. The number of benzene rings is 1. The molecule has 1 aromatic carbocycles. The molecule has 2 aromatic heterocycles. The van der Waals surface area contributed by atoms with E-state index in [-0.39, 0.29) is 11.5 Å². The van der Waals surface area contributed by atoms with E-state index < -0.39 is 0 Å². The summed E-state index contributed by atoms with van der Waals surface area (Å²) in [7, 11) is 0. The quantitative estimate of drug-likeness (QED) is 0.692. The summed E-state index contributed by atoms with van der Waals surface area (Å²) in [5.41, 5.74) is 2.47. The third-order valence-corrected chi connectivity index (χ3v) is 5.10. The highest BCUT2D eigenvalue weighted by Gasteiger charge is 2.21. The summed E-state index contributed by atoms with van der Waals surface area (Å²) >= 11 is 6.45. The molecule has 0 spiro atoms. The minimum atomic E-state index is -0.0962. The topological polar surface area (TPSA) is 68.8 Å². The summed E-state index contributed by atoms with van der Waals surface area (Å²) in [5, 5.41) is 0.381. The van der Waals surface area contributed by atoms with Gasteiger partial charge in [-0.05, 0) is 19.1 Å². The zero-order valence-corrected chi connectivity index (χ0v) is 15.6. The summed E-state index contributed by atoms with van der Waals surface area (Å²) in [5.74, 6) is -0.0962. The Labute approximate surface area is 160 Å². The van der Waals surface area contributed by atoms with Crippen LogP contribution in [0, 0.1) is 0 Å². The Bertz CT molecular complexity index is 1070. The average Bonchev–Trinajstić information content (AvgIpc) is 3.19. The first-order valence-electron chi connectivity index (χ1n) is 8.82. The number of fused-ring (bicyclic) bond motifs is 1. The normalized spacial score (nSPS) is 14.7. The summed E-state index contributed by atoms with van der Waals surface area (Å²) in [6.45, 7) is 4.67. The second kappa shape index (κ2) is 7.17. The number of ether oxygens (including phenoxy) is 1. The van der Waals surface area contributed by atoms with Crippen LogP contribution >= 0.6 is 11.6 Å². The fraction of sp³-hybridized carbons (Fsp3) is 0.316. The number of amides is 1. The number of hydrogen-bond donors (Lipinski definition) is 0. The highest BCUT2D eigenvalue weighted by Crippen LogP contribution is 2.27. The van der Waals surface area contributed by atoms with Crippen molar-refractivity contribution in [3.8, 4) is 11.3 Å². The largest absolute Gasteiger partial charge is 0.378 e. The molecule has 7 nitrogen and oxygen atoms in total. The first-order valence-corrected chi connectivity index (χ1v) is 9.20. The molecule has 0 N–H and O–H groups in total. The monoisotopic (exact) mass is 386 g/mol. The number of imidazole rings is 1. The summed E-state index contributed by atoms with van der Waals surface area (Å²) in [6, 6.07) is 5.34. The molecule has 1 aliphatic rings. The zero-order valence-electron chi connectivity index (χ0n) is 14.9. The molecular weight excluding hydrogens is 368 g/mol. The molecule has 140 valence electrons. The number of carbonyl (C=O) groups excluding carboxylic acids is 1. The Hall–Kier alpha value is -2.64. The van der Waals surface area contributed by atoms with Gasteiger partial charge in [0.05, 0.1) is 42.0 Å². The standard InChI is InChI=1S/C19H19ClN4O3/c1-2-22-11-17(24-12-21-10-16(24)19(22)26)13-3-4-14(15(20)9-13)18(25)23-5-7-27-8-6-23/h3-4,9-12H,2,5-8H2,1H3. The number of carbonyl (C=O) groups is 1. The first-order chi connectivity index (χ1) is 13.1. The Kier molecular flexibility index (Phi) is 4.72. The van der Waals surface area contributed by atoms with Crippen molar-refractivity contribution in [3.05, 3.63) is 57.9 Å². The SMILES string of the molecule is CCn1cc(-c2ccc(C(=O)N3CCOCC3)c(Cl)c2)n2cncc2c1=O. The summed E-state index contributed by atoms with van der Waals surface area (Å²) in [6.07, 6.45) is 4.94. The lowest BCUT2D eigenvalue weighted by molar-refractivity contribution is 0.0303. The maximum absolute atomic E-state index is 12.7. The van der Waals surface area contributed by atoms with Crippen LogP contribution in [0.1, 0.15) is 17.3 Å². The predicted molar refractivity (Wildman–Crippen MR) is 102 cm³/mol. The Morgan fingerprint density at radius 3 is 2.78 bits per heavy atom. The lowest BCUT2D eigenvalue weighted by atomic mass is 10.1. The smallest absolute Gasteiger partial charge is 0.276 e. The molecule has 0 radical (unpaired) electrons.